The third-order valence-corrected chi connectivity index (χ3v) is 8.08. The van der Waals surface area contributed by atoms with Gasteiger partial charge in [-0.2, -0.15) is 9.49 Å². The molecule has 0 spiro atoms. The number of methoxy groups -OCH3 is 1. The normalized spacial score (nSPS) is 22.6. The molecule has 1 aliphatic carbocycles. The van der Waals surface area contributed by atoms with Crippen LogP contribution in [0.5, 0.6) is 0 Å². The molecule has 0 radical (unpaired) electrons. The number of rotatable bonds is 8. The Morgan fingerprint density at radius 1 is 1.27 bits per heavy atom. The average molecular weight is 600 g/mol. The van der Waals surface area contributed by atoms with Crippen LogP contribution in [0.15, 0.2) is 67.0 Å². The Balaban J connectivity index is 1.28. The van der Waals surface area contributed by atoms with Crippen molar-refractivity contribution in [1.82, 2.24) is 25.1 Å². The molecular weight excluding hydrogens is 565 g/mol. The molecule has 4 atom stereocenters. The zero-order chi connectivity index (χ0) is 30.8. The number of halogens is 1. The summed E-state index contributed by atoms with van der Waals surface area (Å²) in [4.78, 5) is 35.6. The quantitative estimate of drug-likeness (QED) is 0.287. The lowest BCUT2D eigenvalue weighted by Gasteiger charge is -2.22. The van der Waals surface area contributed by atoms with Crippen molar-refractivity contribution in [3.63, 3.8) is 0 Å². The molecule has 3 aromatic rings. The molecule has 2 N–H and O–H groups in total. The van der Waals surface area contributed by atoms with E-state index in [0.29, 0.717) is 42.3 Å². The van der Waals surface area contributed by atoms with Crippen LogP contribution in [0.1, 0.15) is 41.7 Å². The minimum absolute atomic E-state index is 0.00909. The second-order valence-electron chi connectivity index (χ2n) is 11.1. The highest BCUT2D eigenvalue weighted by Gasteiger charge is 2.37. The van der Waals surface area contributed by atoms with E-state index in [0.717, 1.165) is 16.7 Å². The highest BCUT2D eigenvalue weighted by Crippen LogP contribution is 2.37. The summed E-state index contributed by atoms with van der Waals surface area (Å²) in [5, 5.41) is 11.0. The summed E-state index contributed by atoms with van der Waals surface area (Å²) in [5.41, 5.74) is 3.61. The van der Waals surface area contributed by atoms with Crippen LogP contribution in [0.3, 0.4) is 0 Å². The number of urea groups is 1. The van der Waals surface area contributed by atoms with Crippen molar-refractivity contribution in [2.24, 2.45) is 0 Å². The van der Waals surface area contributed by atoms with Crippen LogP contribution in [0.25, 0.3) is 11.3 Å². The first kappa shape index (κ1) is 29.4. The van der Waals surface area contributed by atoms with Gasteiger partial charge >= 0.3 is 6.03 Å². The van der Waals surface area contributed by atoms with Gasteiger partial charge in [0.05, 0.1) is 36.9 Å². The number of carbonyl (C=O) groups excluding carboxylic acids is 2. The zero-order valence-corrected chi connectivity index (χ0v) is 24.7. The van der Waals surface area contributed by atoms with Gasteiger partial charge in [0, 0.05) is 49.7 Å². The summed E-state index contributed by atoms with van der Waals surface area (Å²) >= 11 is 0. The molecule has 3 unspecified atom stereocenters. The number of anilines is 2. The molecular formula is C32H34FN7O4. The topological polar surface area (TPSA) is 124 Å². The third kappa shape index (κ3) is 5.90. The van der Waals surface area contributed by atoms with Crippen molar-refractivity contribution >= 4 is 23.6 Å². The molecule has 12 heteroatoms. The van der Waals surface area contributed by atoms with Gasteiger partial charge in [0.2, 0.25) is 11.9 Å². The molecule has 3 aliphatic rings. The molecule has 228 valence electrons. The van der Waals surface area contributed by atoms with E-state index >= 15 is 0 Å². The van der Waals surface area contributed by atoms with E-state index in [2.05, 4.69) is 26.7 Å². The lowest BCUT2D eigenvalue weighted by Crippen LogP contribution is -2.40. The van der Waals surface area contributed by atoms with E-state index in [4.69, 9.17) is 14.6 Å². The number of nitrogens with zero attached hydrogens (tertiary/aromatic N) is 5. The second-order valence-corrected chi connectivity index (χ2v) is 11.1. The van der Waals surface area contributed by atoms with Crippen LogP contribution in [-0.4, -0.2) is 64.6 Å². The van der Waals surface area contributed by atoms with E-state index in [-0.39, 0.29) is 24.5 Å². The van der Waals surface area contributed by atoms with Crippen molar-refractivity contribution in [3.05, 3.63) is 89.7 Å². The summed E-state index contributed by atoms with van der Waals surface area (Å²) < 4.78 is 27.2. The Labute approximate surface area is 254 Å². The minimum Gasteiger partial charge on any atom is -0.381 e. The van der Waals surface area contributed by atoms with E-state index in [1.165, 1.54) is 12.3 Å². The number of hydrogen-bond acceptors (Lipinski definition) is 7. The fourth-order valence-corrected chi connectivity index (χ4v) is 5.89. The summed E-state index contributed by atoms with van der Waals surface area (Å²) in [6.45, 7) is 2.33. The Morgan fingerprint density at radius 3 is 2.91 bits per heavy atom. The smallest absolute Gasteiger partial charge is 0.320 e. The Bertz CT molecular complexity index is 1670. The van der Waals surface area contributed by atoms with Crippen molar-refractivity contribution in [3.8, 4) is 11.3 Å². The standard InChI is InChI=1S/C32H34FN7O4/c1-19-28(22-14-21-16-27(41)39(2)31(21)35-18-22)38-40(23-8-5-4-6-9-23)30(19)37-32(42)36-25-17-24(10-7-13-43-3)44-29(25)20-11-12-34-26(33)15-20/h4-8,10-12,14-15,18,23-25,29H,9,13,16-17H2,1-3H3,(H2,36,37,42)/b10-7+/t23?,24?,25?,29-/m0/s1. The molecule has 3 aromatic heterocycles. The molecule has 44 heavy (non-hydrogen) atoms. The molecule has 3 amide bonds. The van der Waals surface area contributed by atoms with Crippen molar-refractivity contribution < 1.29 is 23.5 Å². The van der Waals surface area contributed by atoms with Crippen molar-refractivity contribution in [2.75, 3.05) is 31.0 Å². The number of fused-ring (bicyclic) bond motifs is 1. The maximum atomic E-state index is 14.0. The first-order chi connectivity index (χ1) is 21.3. The number of aromatic nitrogens is 4. The highest BCUT2D eigenvalue weighted by atomic mass is 19.1. The largest absolute Gasteiger partial charge is 0.381 e. The Hall–Kier alpha value is -4.68. The van der Waals surface area contributed by atoms with Gasteiger partial charge in [-0.05, 0) is 37.1 Å². The van der Waals surface area contributed by atoms with Crippen LogP contribution < -0.4 is 15.5 Å². The van der Waals surface area contributed by atoms with Gasteiger partial charge in [-0.3, -0.25) is 15.0 Å². The third-order valence-electron chi connectivity index (χ3n) is 8.08. The maximum absolute atomic E-state index is 14.0. The van der Waals surface area contributed by atoms with Gasteiger partial charge in [-0.1, -0.05) is 36.5 Å². The van der Waals surface area contributed by atoms with Crippen molar-refractivity contribution in [1.29, 1.82) is 0 Å². The summed E-state index contributed by atoms with van der Waals surface area (Å²) in [6, 6.07) is 3.95. The van der Waals surface area contributed by atoms with E-state index in [1.807, 2.05) is 48.1 Å². The molecule has 1 fully saturated rings. The fourth-order valence-electron chi connectivity index (χ4n) is 5.89. The number of hydrogen-bond donors (Lipinski definition) is 2. The minimum atomic E-state index is -0.619. The monoisotopic (exact) mass is 599 g/mol. The van der Waals surface area contributed by atoms with Gasteiger partial charge in [0.25, 0.3) is 0 Å². The van der Waals surface area contributed by atoms with Crippen LogP contribution in [0.2, 0.25) is 0 Å². The fraction of sp³-hybridized carbons (Fsp3) is 0.344. The Kier molecular flexibility index (Phi) is 8.36. The number of amides is 3. The van der Waals surface area contributed by atoms with Crippen LogP contribution in [0, 0.1) is 12.9 Å². The molecule has 0 bridgehead atoms. The molecule has 2 aliphatic heterocycles. The van der Waals surface area contributed by atoms with E-state index in [9.17, 15) is 14.0 Å². The van der Waals surface area contributed by atoms with E-state index in [1.54, 1.807) is 31.3 Å². The molecule has 0 saturated carbocycles. The summed E-state index contributed by atoms with van der Waals surface area (Å²) in [7, 11) is 3.32. The molecule has 11 nitrogen and oxygen atoms in total. The van der Waals surface area contributed by atoms with Gasteiger partial charge in [0.1, 0.15) is 17.7 Å². The van der Waals surface area contributed by atoms with Gasteiger partial charge in [-0.25, -0.2) is 19.4 Å². The van der Waals surface area contributed by atoms with Crippen molar-refractivity contribution in [2.45, 2.75) is 50.5 Å². The number of carbonyl (C=O) groups is 2. The van der Waals surface area contributed by atoms with E-state index < -0.39 is 24.1 Å². The second kappa shape index (κ2) is 12.5. The Morgan fingerprint density at radius 2 is 2.14 bits per heavy atom. The molecule has 5 heterocycles. The highest BCUT2D eigenvalue weighted by molar-refractivity contribution is 6.00. The lowest BCUT2D eigenvalue weighted by atomic mass is 10.0. The first-order valence-corrected chi connectivity index (χ1v) is 14.5. The van der Waals surface area contributed by atoms with Crippen LogP contribution in [0.4, 0.5) is 20.8 Å². The maximum Gasteiger partial charge on any atom is 0.320 e. The number of ether oxygens (including phenoxy) is 2. The van der Waals surface area contributed by atoms with Gasteiger partial charge in [-0.15, -0.1) is 0 Å². The van der Waals surface area contributed by atoms with Crippen LogP contribution >= 0.6 is 0 Å². The number of allylic oxidation sites excluding steroid dienone is 4. The average Bonchev–Trinajstić information content (AvgIpc) is 3.66. The first-order valence-electron chi connectivity index (χ1n) is 14.5. The summed E-state index contributed by atoms with van der Waals surface area (Å²) in [6.07, 6.45) is 15.4. The molecule has 0 aromatic carbocycles. The zero-order valence-electron chi connectivity index (χ0n) is 24.7. The van der Waals surface area contributed by atoms with Gasteiger partial charge < -0.3 is 14.8 Å². The SMILES string of the molecule is COC/C=C/C1CC(NC(=O)Nc2c(C)c(-c3cnc4c(c3)CC(=O)N4C)nn2C2C=CC=CC2)[C@H](c2ccnc(F)c2)O1. The molecule has 1 saturated heterocycles. The number of likely N-dealkylation sites (N-methyl/N-ethyl adjacent to an activating group) is 1. The predicted molar refractivity (Wildman–Crippen MR) is 163 cm³/mol. The number of nitrogens with one attached hydrogen (secondary N) is 2. The van der Waals surface area contributed by atoms with Crippen LogP contribution in [-0.2, 0) is 20.7 Å². The van der Waals surface area contributed by atoms with Gasteiger partial charge in [0.15, 0.2) is 0 Å². The lowest BCUT2D eigenvalue weighted by molar-refractivity contribution is -0.117. The summed E-state index contributed by atoms with van der Waals surface area (Å²) in [5.74, 6) is 0.557. The number of pyridine rings is 2. The predicted octanol–water partition coefficient (Wildman–Crippen LogP) is 4.59. The molecule has 6 rings (SSSR count).